The molecule has 0 radical (unpaired) electrons. The largest absolute Gasteiger partial charge is 0.289 e. The maximum Gasteiger partial charge on any atom is 0.289 e. The molecule has 2 aromatic carbocycles. The third-order valence-electron chi connectivity index (χ3n) is 3.38. The summed E-state index contributed by atoms with van der Waals surface area (Å²) in [5.41, 5.74) is 6.40. The van der Waals surface area contributed by atoms with Crippen molar-refractivity contribution in [3.8, 4) is 11.3 Å². The molecule has 0 bridgehead atoms. The monoisotopic (exact) mass is 338 g/mol. The highest BCUT2D eigenvalue weighted by Gasteiger charge is 2.10. The second-order valence-corrected chi connectivity index (χ2v) is 5.72. The summed E-state index contributed by atoms with van der Waals surface area (Å²) in [5.74, 6) is -0.355. The highest BCUT2D eigenvalue weighted by atomic mass is 35.5. The number of carbonyl (C=O) groups excluding carboxylic acids is 1. The van der Waals surface area contributed by atoms with E-state index >= 15 is 0 Å². The third-order valence-corrected chi connectivity index (χ3v) is 3.64. The van der Waals surface area contributed by atoms with E-state index in [2.05, 4.69) is 20.7 Å². The number of rotatable bonds is 4. The van der Waals surface area contributed by atoms with Gasteiger partial charge in [-0.05, 0) is 30.7 Å². The van der Waals surface area contributed by atoms with Gasteiger partial charge in [0.05, 0.1) is 11.9 Å². The number of carbonyl (C=O) groups is 1. The van der Waals surface area contributed by atoms with Gasteiger partial charge in [-0.15, -0.1) is 0 Å². The first kappa shape index (κ1) is 16.0. The highest BCUT2D eigenvalue weighted by molar-refractivity contribution is 6.30. The molecule has 0 saturated carbocycles. The van der Waals surface area contributed by atoms with E-state index < -0.39 is 0 Å². The summed E-state index contributed by atoms with van der Waals surface area (Å²) in [6.45, 7) is 2.00. The Balaban J connectivity index is 1.66. The summed E-state index contributed by atoms with van der Waals surface area (Å²) in [4.78, 5) is 12.1. The molecule has 1 aromatic heterocycles. The van der Waals surface area contributed by atoms with Gasteiger partial charge in [-0.25, -0.2) is 5.43 Å². The number of hydrogen-bond donors (Lipinski definition) is 2. The zero-order valence-corrected chi connectivity index (χ0v) is 13.7. The van der Waals surface area contributed by atoms with E-state index in [4.69, 9.17) is 11.6 Å². The van der Waals surface area contributed by atoms with Crippen molar-refractivity contribution in [1.82, 2.24) is 15.6 Å². The van der Waals surface area contributed by atoms with Gasteiger partial charge in [-0.1, -0.05) is 53.6 Å². The molecule has 2 N–H and O–H groups in total. The predicted octanol–water partition coefficient (Wildman–Crippen LogP) is 3.80. The highest BCUT2D eigenvalue weighted by Crippen LogP contribution is 2.20. The van der Waals surface area contributed by atoms with Gasteiger partial charge in [0.25, 0.3) is 5.91 Å². The molecule has 5 nitrogen and oxygen atoms in total. The predicted molar refractivity (Wildman–Crippen MR) is 95.3 cm³/mol. The number of nitrogens with one attached hydrogen (secondary N) is 2. The summed E-state index contributed by atoms with van der Waals surface area (Å²) >= 11 is 5.86. The molecule has 0 fully saturated rings. The van der Waals surface area contributed by atoms with E-state index in [0.717, 1.165) is 16.7 Å². The molecule has 0 aliphatic carbocycles. The number of hydrogen-bond acceptors (Lipinski definition) is 3. The number of halogens is 1. The summed E-state index contributed by atoms with van der Waals surface area (Å²) in [5, 5.41) is 11.5. The van der Waals surface area contributed by atoms with E-state index in [9.17, 15) is 4.79 Å². The van der Waals surface area contributed by atoms with E-state index in [1.165, 1.54) is 0 Å². The van der Waals surface area contributed by atoms with Crippen LogP contribution >= 0.6 is 11.6 Å². The molecule has 0 atom stereocenters. The van der Waals surface area contributed by atoms with Crippen LogP contribution in [0.4, 0.5) is 0 Å². The van der Waals surface area contributed by atoms with Gasteiger partial charge >= 0.3 is 0 Å². The summed E-state index contributed by atoms with van der Waals surface area (Å²) in [6.07, 6.45) is 1.60. The molecule has 1 amide bonds. The van der Waals surface area contributed by atoms with E-state index in [-0.39, 0.29) is 5.91 Å². The first-order valence-electron chi connectivity index (χ1n) is 7.33. The molecular formula is C18H15ClN4O. The van der Waals surface area contributed by atoms with Crippen LogP contribution in [-0.2, 0) is 0 Å². The molecule has 1 heterocycles. The van der Waals surface area contributed by atoms with Crippen molar-refractivity contribution in [1.29, 1.82) is 0 Å². The topological polar surface area (TPSA) is 70.1 Å². The molecule has 3 rings (SSSR count). The van der Waals surface area contributed by atoms with E-state index in [1.54, 1.807) is 24.4 Å². The Bertz CT molecular complexity index is 884. The number of H-pyrrole nitrogens is 1. The van der Waals surface area contributed by atoms with Crippen LogP contribution in [0.25, 0.3) is 11.3 Å². The van der Waals surface area contributed by atoms with Crippen molar-refractivity contribution in [2.75, 3.05) is 0 Å². The Hall–Kier alpha value is -2.92. The number of aryl methyl sites for hydroxylation is 1. The standard InChI is InChI=1S/C18H15ClN4O/c1-12-3-2-4-13(9-12)11-20-23-18(24)17-10-16(21-22-17)14-5-7-15(19)8-6-14/h2-11H,1H3,(H,21,22)(H,23,24)/b20-11+. The Kier molecular flexibility index (Phi) is 4.72. The minimum atomic E-state index is -0.355. The lowest BCUT2D eigenvalue weighted by molar-refractivity contribution is 0.0950. The molecule has 0 unspecified atom stereocenters. The van der Waals surface area contributed by atoms with E-state index in [1.807, 2.05) is 43.3 Å². The van der Waals surface area contributed by atoms with Crippen LogP contribution in [0.2, 0.25) is 5.02 Å². The molecule has 6 heteroatoms. The van der Waals surface area contributed by atoms with Crippen molar-refractivity contribution < 1.29 is 4.79 Å². The van der Waals surface area contributed by atoms with Crippen LogP contribution in [0.5, 0.6) is 0 Å². The van der Waals surface area contributed by atoms with Crippen LogP contribution in [0, 0.1) is 6.92 Å². The van der Waals surface area contributed by atoms with Crippen molar-refractivity contribution in [3.63, 3.8) is 0 Å². The Morgan fingerprint density at radius 2 is 2.00 bits per heavy atom. The fraction of sp³-hybridized carbons (Fsp3) is 0.0556. The Labute approximate surface area is 144 Å². The molecule has 3 aromatic rings. The zero-order chi connectivity index (χ0) is 16.9. The quantitative estimate of drug-likeness (QED) is 0.561. The average molecular weight is 339 g/mol. The van der Waals surface area contributed by atoms with Crippen LogP contribution in [0.3, 0.4) is 0 Å². The maximum atomic E-state index is 12.1. The zero-order valence-electron chi connectivity index (χ0n) is 13.0. The van der Waals surface area contributed by atoms with Crippen LogP contribution in [0.15, 0.2) is 59.7 Å². The smallest absolute Gasteiger partial charge is 0.272 e. The second-order valence-electron chi connectivity index (χ2n) is 5.29. The number of aromatic nitrogens is 2. The minimum Gasteiger partial charge on any atom is -0.272 e. The molecule has 0 aliphatic rings. The maximum absolute atomic E-state index is 12.1. The van der Waals surface area contributed by atoms with Gasteiger partial charge in [0.2, 0.25) is 0 Å². The Morgan fingerprint density at radius 1 is 1.21 bits per heavy atom. The number of nitrogens with zero attached hydrogens (tertiary/aromatic N) is 2. The summed E-state index contributed by atoms with van der Waals surface area (Å²) < 4.78 is 0. The van der Waals surface area contributed by atoms with Crippen molar-refractivity contribution in [2.24, 2.45) is 5.10 Å². The van der Waals surface area contributed by atoms with Crippen molar-refractivity contribution in [2.45, 2.75) is 6.92 Å². The second kappa shape index (κ2) is 7.10. The molecule has 0 saturated heterocycles. The number of benzene rings is 2. The fourth-order valence-corrected chi connectivity index (χ4v) is 2.31. The lowest BCUT2D eigenvalue weighted by atomic mass is 10.1. The minimum absolute atomic E-state index is 0.335. The normalized spacial score (nSPS) is 10.9. The van der Waals surface area contributed by atoms with Gasteiger partial charge in [0.15, 0.2) is 0 Å². The van der Waals surface area contributed by atoms with Crippen molar-refractivity contribution in [3.05, 3.63) is 76.4 Å². The van der Waals surface area contributed by atoms with Crippen molar-refractivity contribution >= 4 is 23.7 Å². The first-order chi connectivity index (χ1) is 11.6. The number of amides is 1. The first-order valence-corrected chi connectivity index (χ1v) is 7.71. The number of aromatic amines is 1. The van der Waals surface area contributed by atoms with E-state index in [0.29, 0.717) is 16.4 Å². The van der Waals surface area contributed by atoms with Crippen LogP contribution in [0.1, 0.15) is 21.6 Å². The molecule has 0 aliphatic heterocycles. The SMILES string of the molecule is Cc1cccc(/C=N/NC(=O)c2cc(-c3ccc(Cl)cc3)n[nH]2)c1. The van der Waals surface area contributed by atoms with Gasteiger partial charge in [0.1, 0.15) is 5.69 Å². The molecule has 120 valence electrons. The number of hydrazone groups is 1. The third kappa shape index (κ3) is 3.88. The lowest BCUT2D eigenvalue weighted by Crippen LogP contribution is -2.18. The fourth-order valence-electron chi connectivity index (χ4n) is 2.18. The van der Waals surface area contributed by atoms with Gasteiger partial charge in [0, 0.05) is 10.6 Å². The summed E-state index contributed by atoms with van der Waals surface area (Å²) in [6, 6.07) is 16.7. The average Bonchev–Trinajstić information content (AvgIpc) is 3.05. The lowest BCUT2D eigenvalue weighted by Gasteiger charge is -1.97. The molecule has 0 spiro atoms. The van der Waals surface area contributed by atoms with Gasteiger partial charge in [-0.2, -0.15) is 10.2 Å². The van der Waals surface area contributed by atoms with Gasteiger partial charge < -0.3 is 0 Å². The van der Waals surface area contributed by atoms with Crippen LogP contribution < -0.4 is 5.43 Å². The summed E-state index contributed by atoms with van der Waals surface area (Å²) in [7, 11) is 0. The van der Waals surface area contributed by atoms with Crippen LogP contribution in [-0.4, -0.2) is 22.3 Å². The van der Waals surface area contributed by atoms with Gasteiger partial charge in [-0.3, -0.25) is 9.89 Å². The Morgan fingerprint density at radius 3 is 2.75 bits per heavy atom. The molecular weight excluding hydrogens is 324 g/mol. The molecule has 24 heavy (non-hydrogen) atoms.